The number of methoxy groups -OCH3 is 1. The molecule has 9 heteroatoms. The number of nitrogens with zero attached hydrogens (tertiary/aromatic N) is 4. The van der Waals surface area contributed by atoms with Gasteiger partial charge in [0.05, 0.1) is 12.7 Å². The van der Waals surface area contributed by atoms with Crippen LogP contribution >= 0.6 is 0 Å². The second kappa shape index (κ2) is 4.94. The third-order valence-electron chi connectivity index (χ3n) is 2.49. The van der Waals surface area contributed by atoms with Crippen LogP contribution < -0.4 is 9.88 Å². The Morgan fingerprint density at radius 1 is 1.42 bits per heavy atom. The minimum absolute atomic E-state index is 0.282. The van der Waals surface area contributed by atoms with Gasteiger partial charge in [-0.25, -0.2) is 18.5 Å². The van der Waals surface area contributed by atoms with Crippen LogP contribution in [0.15, 0.2) is 23.5 Å². The van der Waals surface area contributed by atoms with Crippen LogP contribution in [-0.4, -0.2) is 35.3 Å². The number of nitrogens with two attached hydrogens (primary N) is 1. The Kier molecular flexibility index (Phi) is 3.49. The average Bonchev–Trinajstić information content (AvgIpc) is 2.82. The number of hydrogen-bond acceptors (Lipinski definition) is 6. The van der Waals surface area contributed by atoms with Crippen molar-refractivity contribution in [2.45, 2.75) is 18.6 Å². The van der Waals surface area contributed by atoms with Gasteiger partial charge in [-0.2, -0.15) is 0 Å². The van der Waals surface area contributed by atoms with E-state index in [4.69, 9.17) is 9.88 Å². The van der Waals surface area contributed by atoms with Crippen molar-refractivity contribution in [2.24, 2.45) is 5.14 Å². The molecule has 0 fully saturated rings. The van der Waals surface area contributed by atoms with Crippen molar-refractivity contribution in [3.63, 3.8) is 0 Å². The van der Waals surface area contributed by atoms with E-state index in [0.29, 0.717) is 23.8 Å². The molecule has 0 aromatic carbocycles. The van der Waals surface area contributed by atoms with Gasteiger partial charge in [0.25, 0.3) is 15.2 Å². The van der Waals surface area contributed by atoms with Crippen molar-refractivity contribution < 1.29 is 13.2 Å². The van der Waals surface area contributed by atoms with Crippen molar-refractivity contribution in [2.75, 3.05) is 7.11 Å². The van der Waals surface area contributed by atoms with Gasteiger partial charge in [0.1, 0.15) is 0 Å². The maximum absolute atomic E-state index is 11.4. The van der Waals surface area contributed by atoms with Gasteiger partial charge in [0, 0.05) is 12.7 Å². The highest BCUT2D eigenvalue weighted by atomic mass is 32.2. The Hall–Kier alpha value is -2.00. The number of hydrogen-bond donors (Lipinski definition) is 1. The maximum Gasteiger partial charge on any atom is 0.273 e. The van der Waals surface area contributed by atoms with Crippen LogP contribution in [-0.2, 0) is 16.6 Å². The van der Waals surface area contributed by atoms with E-state index in [1.54, 1.807) is 25.3 Å². The highest BCUT2D eigenvalue weighted by Crippen LogP contribution is 2.27. The van der Waals surface area contributed by atoms with Crippen molar-refractivity contribution in [3.05, 3.63) is 18.3 Å². The molecule has 0 unspecified atom stereocenters. The largest absolute Gasteiger partial charge is 0.480 e. The molecule has 0 saturated carbocycles. The molecular formula is C10H13N5O3S. The summed E-state index contributed by atoms with van der Waals surface area (Å²) in [5.41, 5.74) is 0.550. The van der Waals surface area contributed by atoms with E-state index in [0.717, 1.165) is 0 Å². The molecule has 0 saturated heterocycles. The van der Waals surface area contributed by atoms with E-state index in [-0.39, 0.29) is 5.16 Å². The minimum Gasteiger partial charge on any atom is -0.480 e. The molecule has 2 aromatic heterocycles. The molecule has 2 N–H and O–H groups in total. The van der Waals surface area contributed by atoms with Gasteiger partial charge >= 0.3 is 0 Å². The molecule has 0 spiro atoms. The number of pyridine rings is 1. The van der Waals surface area contributed by atoms with Crippen LogP contribution in [0.25, 0.3) is 11.4 Å². The van der Waals surface area contributed by atoms with Crippen LogP contribution in [0.3, 0.4) is 0 Å². The molecule has 102 valence electrons. The second-order valence-corrected chi connectivity index (χ2v) is 5.11. The molecule has 2 rings (SSSR count). The normalized spacial score (nSPS) is 11.5. The van der Waals surface area contributed by atoms with Gasteiger partial charge in [-0.1, -0.05) is 0 Å². The number of sulfonamides is 1. The molecule has 8 nitrogen and oxygen atoms in total. The SMILES string of the molecule is CCn1c(-c2cccnc2OC)nnc1S(N)(=O)=O. The molecule has 0 aliphatic carbocycles. The Bertz CT molecular complexity index is 695. The first-order valence-electron chi connectivity index (χ1n) is 5.44. The maximum atomic E-state index is 11.4. The summed E-state index contributed by atoms with van der Waals surface area (Å²) in [5.74, 6) is 0.682. The zero-order valence-electron chi connectivity index (χ0n) is 10.4. The van der Waals surface area contributed by atoms with Gasteiger partial charge < -0.3 is 4.74 Å². The third kappa shape index (κ3) is 2.42. The highest BCUT2D eigenvalue weighted by Gasteiger charge is 2.22. The molecule has 0 radical (unpaired) electrons. The first-order valence-corrected chi connectivity index (χ1v) is 6.99. The zero-order valence-corrected chi connectivity index (χ0v) is 11.3. The summed E-state index contributed by atoms with van der Waals surface area (Å²) in [7, 11) is -2.45. The molecule has 0 amide bonds. The van der Waals surface area contributed by atoms with Crippen molar-refractivity contribution in [3.8, 4) is 17.3 Å². The molecular weight excluding hydrogens is 270 g/mol. The molecule has 19 heavy (non-hydrogen) atoms. The summed E-state index contributed by atoms with van der Waals surface area (Å²) in [6, 6.07) is 3.41. The fourth-order valence-electron chi connectivity index (χ4n) is 1.71. The average molecular weight is 283 g/mol. The van der Waals surface area contributed by atoms with Crippen LogP contribution in [0.2, 0.25) is 0 Å². The monoisotopic (exact) mass is 283 g/mol. The predicted octanol–water partition coefficient (Wildman–Crippen LogP) is 0.0160. The quantitative estimate of drug-likeness (QED) is 0.846. The zero-order chi connectivity index (χ0) is 14.0. The summed E-state index contributed by atoms with van der Waals surface area (Å²) < 4.78 is 29.4. The van der Waals surface area contributed by atoms with Crippen LogP contribution in [0.5, 0.6) is 5.88 Å². The van der Waals surface area contributed by atoms with Crippen LogP contribution in [0.4, 0.5) is 0 Å². The lowest BCUT2D eigenvalue weighted by Gasteiger charge is -2.08. The highest BCUT2D eigenvalue weighted by molar-refractivity contribution is 7.89. The van der Waals surface area contributed by atoms with E-state index >= 15 is 0 Å². The summed E-state index contributed by atoms with van der Waals surface area (Å²) >= 11 is 0. The van der Waals surface area contributed by atoms with Gasteiger partial charge in [-0.15, -0.1) is 10.2 Å². The van der Waals surface area contributed by atoms with E-state index in [2.05, 4.69) is 15.2 Å². The molecule has 0 bridgehead atoms. The topological polar surface area (TPSA) is 113 Å². The standard InChI is InChI=1S/C10H13N5O3S/c1-3-15-8(13-14-10(15)19(11,16)17)7-5-4-6-12-9(7)18-2/h4-6H,3H2,1-2H3,(H2,11,16,17). The second-order valence-electron chi connectivity index (χ2n) is 3.66. The lowest BCUT2D eigenvalue weighted by molar-refractivity contribution is 0.399. The third-order valence-corrected chi connectivity index (χ3v) is 3.30. The minimum atomic E-state index is -3.92. The lowest BCUT2D eigenvalue weighted by Crippen LogP contribution is -2.18. The van der Waals surface area contributed by atoms with Crippen molar-refractivity contribution in [1.29, 1.82) is 0 Å². The summed E-state index contributed by atoms with van der Waals surface area (Å²) in [5, 5.41) is 12.3. The summed E-state index contributed by atoms with van der Waals surface area (Å²) in [4.78, 5) is 4.04. The summed E-state index contributed by atoms with van der Waals surface area (Å²) in [6.45, 7) is 2.12. The number of ether oxygens (including phenoxy) is 1. The predicted molar refractivity (Wildman–Crippen MR) is 66.9 cm³/mol. The van der Waals surface area contributed by atoms with E-state index < -0.39 is 10.0 Å². The molecule has 0 atom stereocenters. The van der Waals surface area contributed by atoms with E-state index in [1.165, 1.54) is 11.7 Å². The van der Waals surface area contributed by atoms with Crippen molar-refractivity contribution in [1.82, 2.24) is 19.7 Å². The lowest BCUT2D eigenvalue weighted by atomic mass is 10.2. The number of aromatic nitrogens is 4. The molecule has 0 aliphatic heterocycles. The van der Waals surface area contributed by atoms with Gasteiger partial charge in [-0.05, 0) is 19.1 Å². The van der Waals surface area contributed by atoms with E-state index in [9.17, 15) is 8.42 Å². The Labute approximate surface area is 110 Å². The van der Waals surface area contributed by atoms with E-state index in [1.807, 2.05) is 0 Å². The van der Waals surface area contributed by atoms with Gasteiger partial charge in [0.15, 0.2) is 5.82 Å². The van der Waals surface area contributed by atoms with Gasteiger partial charge in [-0.3, -0.25) is 4.57 Å². The van der Waals surface area contributed by atoms with Gasteiger partial charge in [0.2, 0.25) is 5.88 Å². The first-order chi connectivity index (χ1) is 8.99. The van der Waals surface area contributed by atoms with Crippen LogP contribution in [0.1, 0.15) is 6.92 Å². The van der Waals surface area contributed by atoms with Crippen molar-refractivity contribution >= 4 is 10.0 Å². The Morgan fingerprint density at radius 2 is 2.16 bits per heavy atom. The molecule has 2 aromatic rings. The van der Waals surface area contributed by atoms with Crippen LogP contribution in [0, 0.1) is 0 Å². The fraction of sp³-hybridized carbons (Fsp3) is 0.300. The summed E-state index contributed by atoms with van der Waals surface area (Å²) in [6.07, 6.45) is 1.57. The molecule has 2 heterocycles. The number of primary sulfonamides is 1. The first kappa shape index (κ1) is 13.4. The Balaban J connectivity index is 2.67. The number of rotatable bonds is 4. The fourth-order valence-corrected chi connectivity index (χ4v) is 2.38. The smallest absolute Gasteiger partial charge is 0.273 e. The Morgan fingerprint density at radius 3 is 2.74 bits per heavy atom. The molecule has 0 aliphatic rings.